The third-order valence-electron chi connectivity index (χ3n) is 3.02. The third kappa shape index (κ3) is 2.30. The van der Waals surface area contributed by atoms with E-state index in [4.69, 9.17) is 11.6 Å². The maximum absolute atomic E-state index is 12.3. The minimum atomic E-state index is -0.196. The van der Waals surface area contributed by atoms with Gasteiger partial charge in [0, 0.05) is 22.5 Å². The van der Waals surface area contributed by atoms with Gasteiger partial charge in [-0.05, 0) is 13.0 Å². The van der Waals surface area contributed by atoms with Crippen molar-refractivity contribution in [2.75, 3.05) is 0 Å². The monoisotopic (exact) mass is 305 g/mol. The van der Waals surface area contributed by atoms with Gasteiger partial charge in [-0.25, -0.2) is 4.98 Å². The van der Waals surface area contributed by atoms with Crippen molar-refractivity contribution in [1.82, 2.24) is 15.3 Å². The Labute approximate surface area is 124 Å². The molecule has 0 aliphatic heterocycles. The van der Waals surface area contributed by atoms with E-state index in [1.807, 2.05) is 31.2 Å². The Morgan fingerprint density at radius 1 is 1.45 bits per heavy atom. The fourth-order valence-electron chi connectivity index (χ4n) is 2.00. The Morgan fingerprint density at radius 2 is 2.25 bits per heavy atom. The summed E-state index contributed by atoms with van der Waals surface area (Å²) in [5.74, 6) is 0.538. The number of rotatable bonds is 3. The summed E-state index contributed by atoms with van der Waals surface area (Å²) in [4.78, 5) is 20.0. The quantitative estimate of drug-likeness (QED) is 0.774. The molecule has 4 nitrogen and oxygen atoms in total. The summed E-state index contributed by atoms with van der Waals surface area (Å²) in [6, 6.07) is 7.52. The average Bonchev–Trinajstić information content (AvgIpc) is 3.07. The van der Waals surface area contributed by atoms with Crippen molar-refractivity contribution in [2.45, 2.75) is 13.0 Å². The van der Waals surface area contributed by atoms with Crippen LogP contribution in [0.5, 0.6) is 0 Å². The van der Waals surface area contributed by atoms with Crippen LogP contribution in [-0.4, -0.2) is 15.9 Å². The zero-order valence-corrected chi connectivity index (χ0v) is 12.3. The number of fused-ring (bicyclic) bond motifs is 1. The number of imidazole rings is 1. The van der Waals surface area contributed by atoms with E-state index in [0.29, 0.717) is 9.90 Å². The first kappa shape index (κ1) is 13.1. The van der Waals surface area contributed by atoms with Gasteiger partial charge in [0.05, 0.1) is 11.1 Å². The summed E-state index contributed by atoms with van der Waals surface area (Å²) < 4.78 is 1.01. The lowest BCUT2D eigenvalue weighted by molar-refractivity contribution is 0.0942. The molecule has 0 aliphatic carbocycles. The molecule has 3 aromatic rings. The molecule has 0 saturated heterocycles. The Morgan fingerprint density at radius 3 is 2.95 bits per heavy atom. The lowest BCUT2D eigenvalue weighted by Crippen LogP contribution is -2.26. The molecule has 1 unspecified atom stereocenters. The number of aromatic amines is 1. The van der Waals surface area contributed by atoms with Gasteiger partial charge in [-0.2, -0.15) is 0 Å². The molecule has 0 bridgehead atoms. The van der Waals surface area contributed by atoms with Crippen molar-refractivity contribution >= 4 is 38.9 Å². The van der Waals surface area contributed by atoms with Gasteiger partial charge in [-0.3, -0.25) is 4.79 Å². The first-order chi connectivity index (χ1) is 9.66. The number of nitrogens with zero attached hydrogens (tertiary/aromatic N) is 1. The van der Waals surface area contributed by atoms with Crippen LogP contribution in [-0.2, 0) is 0 Å². The predicted molar refractivity (Wildman–Crippen MR) is 81.3 cm³/mol. The molecular weight excluding hydrogens is 294 g/mol. The number of halogens is 1. The van der Waals surface area contributed by atoms with Gasteiger partial charge in [0.25, 0.3) is 5.91 Å². The van der Waals surface area contributed by atoms with Crippen LogP contribution in [0.15, 0.2) is 36.7 Å². The van der Waals surface area contributed by atoms with Gasteiger partial charge in [0.2, 0.25) is 0 Å². The molecule has 0 saturated carbocycles. The summed E-state index contributed by atoms with van der Waals surface area (Å²) in [6.45, 7) is 1.87. The second-order valence-electron chi connectivity index (χ2n) is 4.41. The topological polar surface area (TPSA) is 57.8 Å². The highest BCUT2D eigenvalue weighted by molar-refractivity contribution is 7.21. The highest BCUT2D eigenvalue weighted by atomic mass is 35.5. The van der Waals surface area contributed by atoms with Gasteiger partial charge in [-0.1, -0.05) is 29.8 Å². The molecule has 0 fully saturated rings. The predicted octanol–water partition coefficient (Wildman–Crippen LogP) is 3.77. The molecule has 2 aromatic heterocycles. The Kier molecular flexibility index (Phi) is 3.46. The molecule has 6 heteroatoms. The largest absolute Gasteiger partial charge is 0.347 e. The number of hydrogen-bond acceptors (Lipinski definition) is 3. The fraction of sp³-hybridized carbons (Fsp3) is 0.143. The zero-order chi connectivity index (χ0) is 14.1. The maximum Gasteiger partial charge on any atom is 0.263 e. The van der Waals surface area contributed by atoms with E-state index in [1.165, 1.54) is 11.3 Å². The zero-order valence-electron chi connectivity index (χ0n) is 10.7. The van der Waals surface area contributed by atoms with E-state index in [0.717, 1.165) is 15.9 Å². The van der Waals surface area contributed by atoms with Crippen molar-refractivity contribution < 1.29 is 4.79 Å². The summed E-state index contributed by atoms with van der Waals surface area (Å²) >= 11 is 7.68. The summed E-state index contributed by atoms with van der Waals surface area (Å²) in [7, 11) is 0. The second-order valence-corrected chi connectivity index (χ2v) is 5.84. The van der Waals surface area contributed by atoms with Crippen LogP contribution in [0.4, 0.5) is 0 Å². The summed E-state index contributed by atoms with van der Waals surface area (Å²) in [5.41, 5.74) is 0. The van der Waals surface area contributed by atoms with E-state index in [-0.39, 0.29) is 11.9 Å². The molecule has 0 spiro atoms. The number of nitrogens with one attached hydrogen (secondary N) is 2. The minimum Gasteiger partial charge on any atom is -0.347 e. The highest BCUT2D eigenvalue weighted by Crippen LogP contribution is 2.35. The van der Waals surface area contributed by atoms with Gasteiger partial charge >= 0.3 is 0 Å². The Hall–Kier alpha value is -1.85. The number of carbonyl (C=O) groups excluding carboxylic acids is 1. The Balaban J connectivity index is 1.87. The van der Waals surface area contributed by atoms with Crippen molar-refractivity contribution in [2.24, 2.45) is 0 Å². The number of amides is 1. The van der Waals surface area contributed by atoms with Crippen LogP contribution >= 0.6 is 22.9 Å². The molecule has 2 N–H and O–H groups in total. The van der Waals surface area contributed by atoms with Crippen LogP contribution in [0.2, 0.25) is 5.02 Å². The molecule has 1 atom stereocenters. The van der Waals surface area contributed by atoms with Crippen molar-refractivity contribution in [3.05, 3.63) is 52.4 Å². The van der Waals surface area contributed by atoms with Crippen LogP contribution < -0.4 is 5.32 Å². The van der Waals surface area contributed by atoms with Crippen molar-refractivity contribution in [3.63, 3.8) is 0 Å². The lowest BCUT2D eigenvalue weighted by atomic mass is 10.2. The van der Waals surface area contributed by atoms with Gasteiger partial charge < -0.3 is 10.3 Å². The minimum absolute atomic E-state index is 0.180. The molecule has 0 aliphatic rings. The standard InChI is InChI=1S/C14H12ClN3OS/c1-8(13-16-6-7-17-13)18-14(19)12-11(15)9-4-2-3-5-10(9)20-12/h2-8H,1H3,(H,16,17)(H,18,19). The Bertz CT molecular complexity index is 751. The van der Waals surface area contributed by atoms with Gasteiger partial charge in [-0.15, -0.1) is 11.3 Å². The van der Waals surface area contributed by atoms with E-state index in [9.17, 15) is 4.79 Å². The maximum atomic E-state index is 12.3. The van der Waals surface area contributed by atoms with E-state index in [2.05, 4.69) is 15.3 Å². The molecule has 102 valence electrons. The number of benzene rings is 1. The van der Waals surface area contributed by atoms with Gasteiger partial charge in [0.15, 0.2) is 0 Å². The number of aromatic nitrogens is 2. The molecule has 1 aromatic carbocycles. The van der Waals surface area contributed by atoms with Crippen LogP contribution in [0, 0.1) is 0 Å². The smallest absolute Gasteiger partial charge is 0.263 e. The number of thiophene rings is 1. The van der Waals surface area contributed by atoms with E-state index < -0.39 is 0 Å². The molecule has 0 radical (unpaired) electrons. The highest BCUT2D eigenvalue weighted by Gasteiger charge is 2.19. The number of hydrogen-bond donors (Lipinski definition) is 2. The number of H-pyrrole nitrogens is 1. The fourth-order valence-corrected chi connectivity index (χ4v) is 3.43. The van der Waals surface area contributed by atoms with Crippen LogP contribution in [0.1, 0.15) is 28.5 Å². The summed E-state index contributed by atoms with van der Waals surface area (Å²) in [6.07, 6.45) is 3.38. The molecule has 2 heterocycles. The van der Waals surface area contributed by atoms with Crippen LogP contribution in [0.3, 0.4) is 0 Å². The van der Waals surface area contributed by atoms with E-state index >= 15 is 0 Å². The van der Waals surface area contributed by atoms with Gasteiger partial charge in [0.1, 0.15) is 10.7 Å². The molecule has 1 amide bonds. The normalized spacial score (nSPS) is 12.5. The van der Waals surface area contributed by atoms with E-state index in [1.54, 1.807) is 12.4 Å². The molecule has 3 rings (SSSR count). The second kappa shape index (κ2) is 5.26. The SMILES string of the molecule is CC(NC(=O)c1sc2ccccc2c1Cl)c1ncc[nH]1. The van der Waals surface area contributed by atoms with Crippen LogP contribution in [0.25, 0.3) is 10.1 Å². The summed E-state index contributed by atoms with van der Waals surface area (Å²) in [5, 5.41) is 4.31. The number of carbonyl (C=O) groups is 1. The lowest BCUT2D eigenvalue weighted by Gasteiger charge is -2.10. The molecular formula is C14H12ClN3OS. The average molecular weight is 306 g/mol. The third-order valence-corrected chi connectivity index (χ3v) is 4.69. The van der Waals surface area contributed by atoms with Crippen molar-refractivity contribution in [3.8, 4) is 0 Å². The first-order valence-corrected chi connectivity index (χ1v) is 7.33. The first-order valence-electron chi connectivity index (χ1n) is 6.14. The van der Waals surface area contributed by atoms with Crippen molar-refractivity contribution in [1.29, 1.82) is 0 Å². The molecule has 20 heavy (non-hydrogen) atoms.